The second-order valence-corrected chi connectivity index (χ2v) is 18.0. The first kappa shape index (κ1) is 35.2. The van der Waals surface area contributed by atoms with Gasteiger partial charge in [0.15, 0.2) is 17.5 Å². The number of benzene rings is 10. The fourth-order valence-corrected chi connectivity index (χ4v) is 11.8. The number of hydrogen-bond acceptors (Lipinski definition) is 5. The highest BCUT2D eigenvalue weighted by Crippen LogP contribution is 2.44. The zero-order chi connectivity index (χ0) is 40.7. The van der Waals surface area contributed by atoms with Crippen LogP contribution in [0, 0.1) is 0 Å². The van der Waals surface area contributed by atoms with E-state index in [1.165, 1.54) is 78.6 Å². The van der Waals surface area contributed by atoms with Crippen molar-refractivity contribution in [3.05, 3.63) is 200 Å². The zero-order valence-electron chi connectivity index (χ0n) is 33.2. The number of nitrogens with zero attached hydrogens (tertiary/aromatic N) is 3. The van der Waals surface area contributed by atoms with Gasteiger partial charge >= 0.3 is 0 Å². The van der Waals surface area contributed by atoms with Gasteiger partial charge in [0, 0.05) is 57.0 Å². The molecule has 0 fully saturated rings. The van der Waals surface area contributed by atoms with Crippen LogP contribution in [0.2, 0.25) is 0 Å². The summed E-state index contributed by atoms with van der Waals surface area (Å²) in [5.74, 6) is 1.94. The van der Waals surface area contributed by atoms with E-state index in [1.54, 1.807) is 0 Å². The molecule has 3 nitrogen and oxygen atoms in total. The minimum Gasteiger partial charge on any atom is -0.208 e. The van der Waals surface area contributed by atoms with E-state index in [1.807, 2.05) is 22.7 Å². The van der Waals surface area contributed by atoms with Gasteiger partial charge in [-0.2, -0.15) is 0 Å². The van der Waals surface area contributed by atoms with E-state index >= 15 is 0 Å². The van der Waals surface area contributed by atoms with E-state index in [4.69, 9.17) is 15.0 Å². The van der Waals surface area contributed by atoms with Gasteiger partial charge < -0.3 is 0 Å². The van der Waals surface area contributed by atoms with Crippen molar-refractivity contribution in [1.29, 1.82) is 0 Å². The second-order valence-electron chi connectivity index (χ2n) is 15.9. The van der Waals surface area contributed by atoms with Gasteiger partial charge in [0.25, 0.3) is 0 Å². The van der Waals surface area contributed by atoms with Crippen LogP contribution in [-0.4, -0.2) is 15.0 Å². The molecule has 5 heteroatoms. The molecule has 0 amide bonds. The van der Waals surface area contributed by atoms with Gasteiger partial charge in [-0.15, -0.1) is 22.7 Å². The summed E-state index contributed by atoms with van der Waals surface area (Å²) in [6.07, 6.45) is 0. The van der Waals surface area contributed by atoms with Gasteiger partial charge in [0.1, 0.15) is 0 Å². The maximum absolute atomic E-state index is 5.27. The van der Waals surface area contributed by atoms with E-state index in [0.29, 0.717) is 17.5 Å². The first-order chi connectivity index (χ1) is 30.7. The maximum Gasteiger partial charge on any atom is 0.164 e. The molecule has 0 saturated heterocycles. The van der Waals surface area contributed by atoms with Crippen LogP contribution in [0.25, 0.3) is 129 Å². The van der Waals surface area contributed by atoms with Crippen molar-refractivity contribution in [2.75, 3.05) is 0 Å². The molecule has 3 heterocycles. The molecular formula is C57H33N3S2. The summed E-state index contributed by atoms with van der Waals surface area (Å²) in [5, 5.41) is 12.3. The van der Waals surface area contributed by atoms with Gasteiger partial charge in [0.05, 0.1) is 0 Å². The lowest BCUT2D eigenvalue weighted by Gasteiger charge is -2.12. The van der Waals surface area contributed by atoms with E-state index in [9.17, 15) is 0 Å². The highest BCUT2D eigenvalue weighted by molar-refractivity contribution is 7.27. The van der Waals surface area contributed by atoms with Crippen molar-refractivity contribution < 1.29 is 0 Å². The van der Waals surface area contributed by atoms with E-state index < -0.39 is 0 Å². The normalized spacial score (nSPS) is 11.9. The number of hydrogen-bond donors (Lipinski definition) is 0. The third-order valence-corrected chi connectivity index (χ3v) is 14.8. The summed E-state index contributed by atoms with van der Waals surface area (Å²) < 4.78 is 5.17. The molecule has 0 spiro atoms. The molecule has 0 atom stereocenters. The summed E-state index contributed by atoms with van der Waals surface area (Å²) in [4.78, 5) is 15.7. The molecule has 0 unspecified atom stereocenters. The topological polar surface area (TPSA) is 38.7 Å². The third-order valence-electron chi connectivity index (χ3n) is 12.3. The average molecular weight is 824 g/mol. The molecule has 3 aromatic heterocycles. The fourth-order valence-electron chi connectivity index (χ4n) is 9.30. The van der Waals surface area contributed by atoms with Crippen LogP contribution in [0.1, 0.15) is 0 Å². The zero-order valence-corrected chi connectivity index (χ0v) is 34.8. The highest BCUT2D eigenvalue weighted by Gasteiger charge is 2.18. The van der Waals surface area contributed by atoms with Crippen LogP contribution in [0.4, 0.5) is 0 Å². The Morgan fingerprint density at radius 3 is 1.68 bits per heavy atom. The van der Waals surface area contributed by atoms with E-state index in [2.05, 4.69) is 200 Å². The van der Waals surface area contributed by atoms with Crippen LogP contribution in [0.3, 0.4) is 0 Å². The van der Waals surface area contributed by atoms with Gasteiger partial charge in [-0.3, -0.25) is 0 Å². The van der Waals surface area contributed by atoms with Crippen LogP contribution in [0.15, 0.2) is 200 Å². The summed E-state index contributed by atoms with van der Waals surface area (Å²) in [5.41, 5.74) is 7.66. The minimum absolute atomic E-state index is 0.641. The Hall–Kier alpha value is -7.57. The SMILES string of the molecule is c1ccc2c(-c3ccc(-c4nc(-c5ccc6sc7ccccc7c6c5)nc(-c5cccc6cc(-c7cccc8c7sc7c9ccccc9ccc87)ccc56)n4)cc3)cccc2c1. The van der Waals surface area contributed by atoms with Crippen molar-refractivity contribution in [3.8, 4) is 56.4 Å². The van der Waals surface area contributed by atoms with Crippen LogP contribution < -0.4 is 0 Å². The lowest BCUT2D eigenvalue weighted by atomic mass is 9.97. The molecule has 0 aliphatic rings. The first-order valence-corrected chi connectivity index (χ1v) is 22.5. The predicted octanol–water partition coefficient (Wildman–Crippen LogP) is 16.4. The molecule has 62 heavy (non-hydrogen) atoms. The molecule has 0 N–H and O–H groups in total. The number of fused-ring (bicyclic) bond motifs is 10. The Bertz CT molecular complexity index is 3930. The lowest BCUT2D eigenvalue weighted by Crippen LogP contribution is -2.00. The molecular weight excluding hydrogens is 791 g/mol. The monoisotopic (exact) mass is 823 g/mol. The molecule has 0 aliphatic heterocycles. The van der Waals surface area contributed by atoms with E-state index in [-0.39, 0.29) is 0 Å². The van der Waals surface area contributed by atoms with Crippen LogP contribution >= 0.6 is 22.7 Å². The Morgan fingerprint density at radius 2 is 0.806 bits per heavy atom. The minimum atomic E-state index is 0.641. The lowest BCUT2D eigenvalue weighted by molar-refractivity contribution is 1.08. The average Bonchev–Trinajstić information content (AvgIpc) is 3.92. The van der Waals surface area contributed by atoms with Gasteiger partial charge in [-0.25, -0.2) is 15.0 Å². The van der Waals surface area contributed by atoms with E-state index in [0.717, 1.165) is 33.0 Å². The Labute approximate surface area is 364 Å². The highest BCUT2D eigenvalue weighted by atomic mass is 32.1. The third kappa shape index (κ3) is 5.67. The van der Waals surface area contributed by atoms with Gasteiger partial charge in [-0.1, -0.05) is 170 Å². The van der Waals surface area contributed by atoms with Crippen LogP contribution in [0.5, 0.6) is 0 Å². The Kier molecular flexibility index (Phi) is 7.95. The number of rotatable bonds is 5. The van der Waals surface area contributed by atoms with Gasteiger partial charge in [0.2, 0.25) is 0 Å². The standard InChI is InChI=1S/C57H33N3S2/c1-3-14-41-34(10-1)12-7-17-42(41)36-22-24-37(25-23-36)55-58-56(40-28-31-52-50(33-40)46-16-5-6-21-51(46)61-52)60-57(59-55)49-20-8-13-38-32-39(27-29-43(38)49)45-18-9-19-47-48-30-26-35-11-2-4-15-44(35)53(48)62-54(45)47/h1-33H. The van der Waals surface area contributed by atoms with Crippen molar-refractivity contribution in [2.45, 2.75) is 0 Å². The quantitative estimate of drug-likeness (QED) is 0.174. The molecule has 0 radical (unpaired) electrons. The predicted molar refractivity (Wildman–Crippen MR) is 265 cm³/mol. The maximum atomic E-state index is 5.27. The van der Waals surface area contributed by atoms with Gasteiger partial charge in [-0.05, 0) is 84.9 Å². The fraction of sp³-hybridized carbons (Fsp3) is 0. The molecule has 0 bridgehead atoms. The van der Waals surface area contributed by atoms with Crippen molar-refractivity contribution >= 4 is 95.3 Å². The smallest absolute Gasteiger partial charge is 0.164 e. The summed E-state index contributed by atoms with van der Waals surface area (Å²) in [6.45, 7) is 0. The number of aromatic nitrogens is 3. The summed E-state index contributed by atoms with van der Waals surface area (Å²) in [7, 11) is 0. The van der Waals surface area contributed by atoms with Crippen molar-refractivity contribution in [1.82, 2.24) is 15.0 Å². The summed E-state index contributed by atoms with van der Waals surface area (Å²) >= 11 is 3.71. The molecule has 13 rings (SSSR count). The number of thiophene rings is 2. The first-order valence-electron chi connectivity index (χ1n) is 20.8. The Balaban J connectivity index is 0.958. The molecule has 13 aromatic rings. The second kappa shape index (κ2) is 14.0. The molecule has 10 aromatic carbocycles. The molecule has 0 aliphatic carbocycles. The van der Waals surface area contributed by atoms with Crippen molar-refractivity contribution in [2.24, 2.45) is 0 Å². The largest absolute Gasteiger partial charge is 0.208 e. The Morgan fingerprint density at radius 1 is 0.258 bits per heavy atom. The molecule has 0 saturated carbocycles. The summed E-state index contributed by atoms with van der Waals surface area (Å²) in [6, 6.07) is 72.1. The van der Waals surface area contributed by atoms with Crippen molar-refractivity contribution in [3.63, 3.8) is 0 Å². The van der Waals surface area contributed by atoms with Crippen LogP contribution in [-0.2, 0) is 0 Å². The molecule has 288 valence electrons.